The molecule has 1 aromatic carbocycles. The summed E-state index contributed by atoms with van der Waals surface area (Å²) in [5, 5.41) is 0. The molecule has 126 valence electrons. The quantitative estimate of drug-likeness (QED) is 0.797. The average Bonchev–Trinajstić information content (AvgIpc) is 2.47. The lowest BCUT2D eigenvalue weighted by Crippen LogP contribution is -2.26. The Morgan fingerprint density at radius 1 is 1.17 bits per heavy atom. The largest absolute Gasteiger partial charge is 0.456 e. The van der Waals surface area contributed by atoms with Crippen LogP contribution in [0.4, 0.5) is 0 Å². The third-order valence-electron chi connectivity index (χ3n) is 3.34. The molecule has 5 nitrogen and oxygen atoms in total. The van der Waals surface area contributed by atoms with Crippen molar-refractivity contribution in [1.29, 1.82) is 0 Å². The maximum absolute atomic E-state index is 11.9. The molecule has 1 saturated heterocycles. The van der Waals surface area contributed by atoms with Crippen molar-refractivity contribution in [2.45, 2.75) is 58.3 Å². The molecule has 1 aliphatic heterocycles. The van der Waals surface area contributed by atoms with Crippen molar-refractivity contribution in [2.24, 2.45) is 0 Å². The lowest BCUT2D eigenvalue weighted by molar-refractivity contribution is -0.185. The highest BCUT2D eigenvalue weighted by molar-refractivity contribution is 5.89. The van der Waals surface area contributed by atoms with Crippen LogP contribution in [0.5, 0.6) is 0 Å². The van der Waals surface area contributed by atoms with E-state index < -0.39 is 11.9 Å². The van der Waals surface area contributed by atoms with E-state index in [2.05, 4.69) is 0 Å². The molecule has 0 radical (unpaired) electrons. The fourth-order valence-electron chi connectivity index (χ4n) is 2.25. The molecule has 0 aliphatic carbocycles. The SMILES string of the molecule is CC(C)(C)OC(=O)c1ccc(CC(=O)OC2CCCCO2)cc1. The van der Waals surface area contributed by atoms with E-state index in [1.165, 1.54) is 0 Å². The summed E-state index contributed by atoms with van der Waals surface area (Å²) in [7, 11) is 0. The summed E-state index contributed by atoms with van der Waals surface area (Å²) in [6.45, 7) is 6.11. The van der Waals surface area contributed by atoms with Gasteiger partial charge in [0.1, 0.15) is 5.60 Å². The summed E-state index contributed by atoms with van der Waals surface area (Å²) in [6.07, 6.45) is 2.53. The van der Waals surface area contributed by atoms with Crippen LogP contribution in [0.3, 0.4) is 0 Å². The molecule has 1 unspecified atom stereocenters. The first-order valence-corrected chi connectivity index (χ1v) is 7.97. The van der Waals surface area contributed by atoms with Crippen LogP contribution < -0.4 is 0 Å². The van der Waals surface area contributed by atoms with E-state index in [9.17, 15) is 9.59 Å². The first-order valence-electron chi connectivity index (χ1n) is 7.97. The molecule has 0 N–H and O–H groups in total. The monoisotopic (exact) mass is 320 g/mol. The van der Waals surface area contributed by atoms with Gasteiger partial charge in [-0.1, -0.05) is 12.1 Å². The van der Waals surface area contributed by atoms with Crippen LogP contribution in [0.25, 0.3) is 0 Å². The van der Waals surface area contributed by atoms with Gasteiger partial charge < -0.3 is 14.2 Å². The maximum Gasteiger partial charge on any atom is 0.338 e. The highest BCUT2D eigenvalue weighted by Gasteiger charge is 2.19. The van der Waals surface area contributed by atoms with Crippen molar-refractivity contribution in [3.8, 4) is 0 Å². The van der Waals surface area contributed by atoms with E-state index in [4.69, 9.17) is 14.2 Å². The second-order valence-electron chi connectivity index (χ2n) is 6.66. The van der Waals surface area contributed by atoms with E-state index in [-0.39, 0.29) is 18.4 Å². The van der Waals surface area contributed by atoms with Crippen LogP contribution in [0.1, 0.15) is 56.0 Å². The normalized spacial score (nSPS) is 18.3. The van der Waals surface area contributed by atoms with E-state index >= 15 is 0 Å². The highest BCUT2D eigenvalue weighted by atomic mass is 16.7. The van der Waals surface area contributed by atoms with Crippen molar-refractivity contribution in [2.75, 3.05) is 6.61 Å². The summed E-state index contributed by atoms with van der Waals surface area (Å²) < 4.78 is 16.0. The maximum atomic E-state index is 11.9. The molecular formula is C18H24O5. The minimum absolute atomic E-state index is 0.161. The average molecular weight is 320 g/mol. The van der Waals surface area contributed by atoms with Gasteiger partial charge in [0.15, 0.2) is 0 Å². The van der Waals surface area contributed by atoms with Gasteiger partial charge in [0.2, 0.25) is 6.29 Å². The predicted octanol–water partition coefficient (Wildman–Crippen LogP) is 3.25. The van der Waals surface area contributed by atoms with E-state index in [0.717, 1.165) is 24.8 Å². The number of benzene rings is 1. The summed E-state index contributed by atoms with van der Waals surface area (Å²) in [4.78, 5) is 23.8. The van der Waals surface area contributed by atoms with Crippen LogP contribution in [-0.2, 0) is 25.4 Å². The Labute approximate surface area is 136 Å². The van der Waals surface area contributed by atoms with Crippen molar-refractivity contribution in [3.63, 3.8) is 0 Å². The number of ether oxygens (including phenoxy) is 3. The minimum atomic E-state index is -0.528. The molecule has 23 heavy (non-hydrogen) atoms. The molecular weight excluding hydrogens is 296 g/mol. The van der Waals surface area contributed by atoms with Gasteiger partial charge in [-0.2, -0.15) is 0 Å². The van der Waals surface area contributed by atoms with Gasteiger partial charge in [-0.15, -0.1) is 0 Å². The van der Waals surface area contributed by atoms with Gasteiger partial charge in [0.05, 0.1) is 18.6 Å². The highest BCUT2D eigenvalue weighted by Crippen LogP contribution is 2.16. The van der Waals surface area contributed by atoms with Crippen LogP contribution in [-0.4, -0.2) is 30.4 Å². The van der Waals surface area contributed by atoms with Gasteiger partial charge in [0, 0.05) is 6.42 Å². The Kier molecular flexibility index (Phi) is 5.77. The number of rotatable bonds is 4. The Balaban J connectivity index is 1.86. The molecule has 2 rings (SSSR count). The van der Waals surface area contributed by atoms with Gasteiger partial charge in [0.25, 0.3) is 0 Å². The number of carbonyl (C=O) groups is 2. The molecule has 1 aromatic rings. The molecule has 1 aliphatic rings. The Hall–Kier alpha value is -1.88. The predicted molar refractivity (Wildman–Crippen MR) is 85.0 cm³/mol. The number of hydrogen-bond acceptors (Lipinski definition) is 5. The fraction of sp³-hybridized carbons (Fsp3) is 0.556. The Bertz CT molecular complexity index is 536. The Morgan fingerprint density at radius 3 is 2.43 bits per heavy atom. The molecule has 0 saturated carbocycles. The van der Waals surface area contributed by atoms with Crippen LogP contribution >= 0.6 is 0 Å². The lowest BCUT2D eigenvalue weighted by atomic mass is 10.1. The number of hydrogen-bond donors (Lipinski definition) is 0. The van der Waals surface area contributed by atoms with Crippen LogP contribution in [0, 0.1) is 0 Å². The Morgan fingerprint density at radius 2 is 1.87 bits per heavy atom. The molecule has 0 aromatic heterocycles. The standard InChI is InChI=1S/C18H24O5/c1-18(2,3)23-17(20)14-9-7-13(8-10-14)12-15(19)22-16-6-4-5-11-21-16/h7-10,16H,4-6,11-12H2,1-3H3. The summed E-state index contributed by atoms with van der Waals surface area (Å²) >= 11 is 0. The van der Waals surface area contributed by atoms with E-state index in [0.29, 0.717) is 12.2 Å². The van der Waals surface area contributed by atoms with Gasteiger partial charge in [-0.05, 0) is 51.3 Å². The first-order chi connectivity index (χ1) is 10.8. The van der Waals surface area contributed by atoms with Crippen molar-refractivity contribution in [3.05, 3.63) is 35.4 Å². The molecule has 5 heteroatoms. The third-order valence-corrected chi connectivity index (χ3v) is 3.34. The zero-order valence-corrected chi connectivity index (χ0v) is 14.0. The smallest absolute Gasteiger partial charge is 0.338 e. The summed E-state index contributed by atoms with van der Waals surface area (Å²) in [5.41, 5.74) is 0.727. The minimum Gasteiger partial charge on any atom is -0.456 e. The fourth-order valence-corrected chi connectivity index (χ4v) is 2.25. The topological polar surface area (TPSA) is 61.8 Å². The van der Waals surface area contributed by atoms with Crippen LogP contribution in [0.15, 0.2) is 24.3 Å². The molecule has 0 bridgehead atoms. The number of carbonyl (C=O) groups excluding carboxylic acids is 2. The second kappa shape index (κ2) is 7.59. The van der Waals surface area contributed by atoms with Crippen molar-refractivity contribution < 1.29 is 23.8 Å². The second-order valence-corrected chi connectivity index (χ2v) is 6.66. The summed E-state index contributed by atoms with van der Waals surface area (Å²) in [5.74, 6) is -0.691. The first kappa shape index (κ1) is 17.5. The molecule has 1 atom stereocenters. The van der Waals surface area contributed by atoms with E-state index in [1.54, 1.807) is 24.3 Å². The molecule has 0 amide bonds. The summed E-state index contributed by atoms with van der Waals surface area (Å²) in [6, 6.07) is 6.80. The third kappa shape index (κ3) is 6.02. The number of esters is 2. The van der Waals surface area contributed by atoms with Gasteiger partial charge in [-0.3, -0.25) is 4.79 Å². The molecule has 1 heterocycles. The van der Waals surface area contributed by atoms with Gasteiger partial charge in [-0.25, -0.2) is 4.79 Å². The van der Waals surface area contributed by atoms with Gasteiger partial charge >= 0.3 is 11.9 Å². The lowest BCUT2D eigenvalue weighted by Gasteiger charge is -2.22. The van der Waals surface area contributed by atoms with E-state index in [1.807, 2.05) is 20.8 Å². The van der Waals surface area contributed by atoms with Crippen molar-refractivity contribution in [1.82, 2.24) is 0 Å². The van der Waals surface area contributed by atoms with Crippen LogP contribution in [0.2, 0.25) is 0 Å². The molecule has 1 fully saturated rings. The zero-order chi connectivity index (χ0) is 16.9. The van der Waals surface area contributed by atoms with Crippen molar-refractivity contribution >= 4 is 11.9 Å². The molecule has 0 spiro atoms. The zero-order valence-electron chi connectivity index (χ0n) is 14.0.